The van der Waals surface area contributed by atoms with E-state index in [0.29, 0.717) is 23.0 Å². The zero-order chi connectivity index (χ0) is 24.8. The van der Waals surface area contributed by atoms with Crippen LogP contribution in [0.2, 0.25) is 0 Å². The summed E-state index contributed by atoms with van der Waals surface area (Å²) in [7, 11) is 1.56. The van der Waals surface area contributed by atoms with E-state index in [0.717, 1.165) is 28.6 Å². The van der Waals surface area contributed by atoms with Gasteiger partial charge in [0.05, 0.1) is 12.8 Å². The number of hydrogen-bond acceptors (Lipinski definition) is 4. The van der Waals surface area contributed by atoms with Crippen molar-refractivity contribution in [1.82, 2.24) is 19.1 Å². The molecule has 1 unspecified atom stereocenters. The van der Waals surface area contributed by atoms with Gasteiger partial charge in [-0.1, -0.05) is 18.2 Å². The SMILES string of the molecule is C/C=C/C.COc1cccc(C(O)c2ccc(-n3c(C)ccc3C)nc2-n2c(C)ccc2C)n1. The summed E-state index contributed by atoms with van der Waals surface area (Å²) in [5, 5.41) is 11.2. The minimum atomic E-state index is -0.940. The normalized spacial score (nSPS) is 11.9. The minimum absolute atomic E-state index is 0.463. The second kappa shape index (κ2) is 11.0. The lowest BCUT2D eigenvalue weighted by Gasteiger charge is -2.20. The highest BCUT2D eigenvalue weighted by Crippen LogP contribution is 2.30. The lowest BCUT2D eigenvalue weighted by molar-refractivity contribution is 0.213. The zero-order valence-corrected chi connectivity index (χ0v) is 21.1. The van der Waals surface area contributed by atoms with Crippen molar-refractivity contribution in [2.75, 3.05) is 7.11 Å². The van der Waals surface area contributed by atoms with E-state index in [-0.39, 0.29) is 0 Å². The molecular formula is C28H34N4O2. The lowest BCUT2D eigenvalue weighted by atomic mass is 10.1. The van der Waals surface area contributed by atoms with E-state index < -0.39 is 6.10 Å². The van der Waals surface area contributed by atoms with Crippen molar-refractivity contribution < 1.29 is 9.84 Å². The summed E-state index contributed by atoms with van der Waals surface area (Å²) in [6.07, 6.45) is 3.06. The molecule has 0 saturated heterocycles. The molecule has 4 aromatic heterocycles. The van der Waals surface area contributed by atoms with Crippen LogP contribution in [0.15, 0.2) is 66.7 Å². The number of pyridine rings is 2. The fourth-order valence-corrected chi connectivity index (χ4v) is 3.85. The molecule has 0 aliphatic carbocycles. The number of allylic oxidation sites excluding steroid dienone is 2. The first-order valence-corrected chi connectivity index (χ1v) is 11.4. The number of aliphatic hydroxyl groups excluding tert-OH is 1. The van der Waals surface area contributed by atoms with E-state index >= 15 is 0 Å². The van der Waals surface area contributed by atoms with E-state index in [1.54, 1.807) is 19.2 Å². The van der Waals surface area contributed by atoms with Gasteiger partial charge in [-0.3, -0.25) is 0 Å². The second-order valence-electron chi connectivity index (χ2n) is 8.16. The Bertz CT molecular complexity index is 1240. The van der Waals surface area contributed by atoms with E-state index in [9.17, 15) is 5.11 Å². The van der Waals surface area contributed by atoms with Crippen LogP contribution in [0, 0.1) is 27.7 Å². The fraction of sp³-hybridized carbons (Fsp3) is 0.286. The van der Waals surface area contributed by atoms with Gasteiger partial charge in [-0.25, -0.2) is 9.97 Å². The Labute approximate surface area is 202 Å². The molecule has 0 saturated carbocycles. The number of aryl methyl sites for hydroxylation is 4. The molecule has 0 amide bonds. The van der Waals surface area contributed by atoms with Crippen LogP contribution < -0.4 is 4.74 Å². The lowest BCUT2D eigenvalue weighted by Crippen LogP contribution is -2.14. The Morgan fingerprint density at radius 1 is 0.765 bits per heavy atom. The first-order chi connectivity index (χ1) is 16.3. The van der Waals surface area contributed by atoms with Gasteiger partial charge in [0.1, 0.15) is 17.7 Å². The average Bonchev–Trinajstić information content (AvgIpc) is 3.37. The number of hydrogen-bond donors (Lipinski definition) is 1. The van der Waals surface area contributed by atoms with Gasteiger partial charge in [-0.2, -0.15) is 0 Å². The van der Waals surface area contributed by atoms with Crippen molar-refractivity contribution in [1.29, 1.82) is 0 Å². The number of rotatable bonds is 5. The summed E-state index contributed by atoms with van der Waals surface area (Å²) in [4.78, 5) is 9.42. The van der Waals surface area contributed by atoms with Crippen molar-refractivity contribution in [2.24, 2.45) is 0 Å². The summed E-state index contributed by atoms with van der Waals surface area (Å²) in [5.41, 5.74) is 5.50. The van der Waals surface area contributed by atoms with Gasteiger partial charge in [0.15, 0.2) is 0 Å². The molecule has 0 spiro atoms. The molecule has 0 fully saturated rings. The van der Waals surface area contributed by atoms with E-state index in [1.165, 1.54) is 0 Å². The predicted octanol–water partition coefficient (Wildman–Crippen LogP) is 5.96. The predicted molar refractivity (Wildman–Crippen MR) is 137 cm³/mol. The minimum Gasteiger partial charge on any atom is -0.481 e. The van der Waals surface area contributed by atoms with Crippen LogP contribution in [0.4, 0.5) is 0 Å². The molecule has 178 valence electrons. The maximum Gasteiger partial charge on any atom is 0.213 e. The van der Waals surface area contributed by atoms with Gasteiger partial charge in [0, 0.05) is 34.4 Å². The maximum atomic E-state index is 11.2. The van der Waals surface area contributed by atoms with Gasteiger partial charge < -0.3 is 19.0 Å². The molecule has 0 bridgehead atoms. The first kappa shape index (κ1) is 25.0. The highest BCUT2D eigenvalue weighted by atomic mass is 16.5. The number of aliphatic hydroxyl groups is 1. The van der Waals surface area contributed by atoms with Gasteiger partial charge in [0.25, 0.3) is 0 Å². The van der Waals surface area contributed by atoms with Crippen molar-refractivity contribution >= 4 is 0 Å². The van der Waals surface area contributed by atoms with Crippen LogP contribution in [0.1, 0.15) is 54.0 Å². The maximum absolute atomic E-state index is 11.2. The van der Waals surface area contributed by atoms with Crippen LogP contribution in [-0.4, -0.2) is 31.3 Å². The monoisotopic (exact) mass is 458 g/mol. The smallest absolute Gasteiger partial charge is 0.213 e. The third-order valence-corrected chi connectivity index (χ3v) is 5.74. The quantitative estimate of drug-likeness (QED) is 0.375. The Morgan fingerprint density at radius 3 is 1.85 bits per heavy atom. The Hall–Kier alpha value is -3.64. The van der Waals surface area contributed by atoms with Crippen LogP contribution in [0.5, 0.6) is 5.88 Å². The molecule has 34 heavy (non-hydrogen) atoms. The Morgan fingerprint density at radius 2 is 1.32 bits per heavy atom. The van der Waals surface area contributed by atoms with Crippen molar-refractivity contribution in [3.8, 4) is 17.5 Å². The van der Waals surface area contributed by atoms with E-state index in [2.05, 4.69) is 52.2 Å². The van der Waals surface area contributed by atoms with Crippen molar-refractivity contribution in [3.63, 3.8) is 0 Å². The average molecular weight is 459 g/mol. The Kier molecular flexibility index (Phi) is 8.08. The second-order valence-corrected chi connectivity index (χ2v) is 8.16. The van der Waals surface area contributed by atoms with E-state index in [4.69, 9.17) is 9.72 Å². The molecular weight excluding hydrogens is 424 g/mol. The fourth-order valence-electron chi connectivity index (χ4n) is 3.85. The number of ether oxygens (including phenoxy) is 1. The summed E-state index contributed by atoms with van der Waals surface area (Å²) < 4.78 is 9.40. The standard InChI is InChI=1S/C24H26N4O2.C4H8/c1-15-9-10-16(2)27(15)21-14-13-19(23(29)20-7-6-8-22(25-20)30-5)24(26-21)28-17(3)11-12-18(28)4;1-3-4-2/h6-14,23,29H,1-5H3;3-4H,1-2H3/b;4-3+. The van der Waals surface area contributed by atoms with Gasteiger partial charge in [-0.15, -0.1) is 0 Å². The molecule has 1 N–H and O–H groups in total. The molecule has 0 aliphatic rings. The molecule has 6 heteroatoms. The summed E-state index contributed by atoms with van der Waals surface area (Å²) >= 11 is 0. The van der Waals surface area contributed by atoms with Gasteiger partial charge in [-0.05, 0) is 84.0 Å². The van der Waals surface area contributed by atoms with Gasteiger partial charge >= 0.3 is 0 Å². The summed E-state index contributed by atoms with van der Waals surface area (Å²) in [6, 6.07) is 17.5. The molecule has 4 aromatic rings. The van der Waals surface area contributed by atoms with Crippen LogP contribution in [0.25, 0.3) is 11.6 Å². The topological polar surface area (TPSA) is 65.1 Å². The van der Waals surface area contributed by atoms with E-state index in [1.807, 2.05) is 58.0 Å². The van der Waals surface area contributed by atoms with Gasteiger partial charge in [0.2, 0.25) is 5.88 Å². The zero-order valence-electron chi connectivity index (χ0n) is 21.1. The molecule has 0 radical (unpaired) electrons. The third kappa shape index (κ3) is 5.13. The summed E-state index contributed by atoms with van der Waals surface area (Å²) in [6.45, 7) is 12.2. The Balaban J connectivity index is 0.000000751. The van der Waals surface area contributed by atoms with Crippen molar-refractivity contribution in [3.05, 3.63) is 101 Å². The number of methoxy groups -OCH3 is 1. The number of nitrogens with zero attached hydrogens (tertiary/aromatic N) is 4. The number of aromatic nitrogens is 4. The highest BCUT2D eigenvalue weighted by molar-refractivity contribution is 5.47. The first-order valence-electron chi connectivity index (χ1n) is 11.4. The molecule has 4 rings (SSSR count). The molecule has 4 heterocycles. The van der Waals surface area contributed by atoms with Crippen LogP contribution in [0.3, 0.4) is 0 Å². The molecule has 1 atom stereocenters. The largest absolute Gasteiger partial charge is 0.481 e. The van der Waals surface area contributed by atoms with Crippen LogP contribution >= 0.6 is 0 Å². The molecule has 6 nitrogen and oxygen atoms in total. The highest BCUT2D eigenvalue weighted by Gasteiger charge is 2.22. The molecule has 0 aromatic carbocycles. The molecule has 0 aliphatic heterocycles. The third-order valence-electron chi connectivity index (χ3n) is 5.74. The summed E-state index contributed by atoms with van der Waals surface area (Å²) in [5.74, 6) is 1.97. The van der Waals surface area contributed by atoms with Crippen molar-refractivity contribution in [2.45, 2.75) is 47.6 Å². The van der Waals surface area contributed by atoms with Crippen LogP contribution in [-0.2, 0) is 0 Å².